The van der Waals surface area contributed by atoms with Crippen molar-refractivity contribution >= 4 is 44.7 Å². The third-order valence-electron chi connectivity index (χ3n) is 2.37. The molecule has 0 aromatic heterocycles. The SMILES string of the molecule is NC(=S)c1ccc(Oc2ccccc2Cl)c(F)c1Br. The Morgan fingerprint density at radius 1 is 1.21 bits per heavy atom. The summed E-state index contributed by atoms with van der Waals surface area (Å²) in [7, 11) is 0. The molecule has 0 saturated carbocycles. The Balaban J connectivity index is 2.40. The van der Waals surface area contributed by atoms with Crippen molar-refractivity contribution in [2.24, 2.45) is 5.73 Å². The van der Waals surface area contributed by atoms with Crippen molar-refractivity contribution in [3.63, 3.8) is 0 Å². The van der Waals surface area contributed by atoms with Gasteiger partial charge in [-0.05, 0) is 40.2 Å². The molecule has 0 atom stereocenters. The average Bonchev–Trinajstić information content (AvgIpc) is 2.37. The number of ether oxygens (including phenoxy) is 1. The van der Waals surface area contributed by atoms with E-state index in [-0.39, 0.29) is 15.2 Å². The number of hydrogen-bond acceptors (Lipinski definition) is 2. The minimum Gasteiger partial charge on any atom is -0.453 e. The third kappa shape index (κ3) is 3.05. The van der Waals surface area contributed by atoms with Crippen molar-refractivity contribution in [3.05, 3.63) is 57.3 Å². The van der Waals surface area contributed by atoms with Crippen LogP contribution in [0.2, 0.25) is 5.02 Å². The first-order valence-electron chi connectivity index (χ1n) is 5.21. The van der Waals surface area contributed by atoms with E-state index in [1.54, 1.807) is 30.3 Å². The predicted molar refractivity (Wildman–Crippen MR) is 81.5 cm³/mol. The van der Waals surface area contributed by atoms with Crippen LogP contribution in [-0.2, 0) is 0 Å². The molecule has 2 aromatic carbocycles. The molecule has 2 nitrogen and oxygen atoms in total. The standard InChI is InChI=1S/C13H8BrClFNOS/c14-11-7(13(17)19)5-6-10(12(11)16)18-9-4-2-1-3-8(9)15/h1-6H,(H2,17,19). The van der Waals surface area contributed by atoms with E-state index in [0.29, 0.717) is 16.3 Å². The molecule has 0 fully saturated rings. The highest BCUT2D eigenvalue weighted by Crippen LogP contribution is 2.34. The summed E-state index contributed by atoms with van der Waals surface area (Å²) in [6.45, 7) is 0. The monoisotopic (exact) mass is 359 g/mol. The minimum atomic E-state index is -0.579. The molecule has 0 spiro atoms. The number of para-hydroxylation sites is 1. The van der Waals surface area contributed by atoms with Gasteiger partial charge in [0, 0.05) is 5.56 Å². The number of thiocarbonyl (C=S) groups is 1. The summed E-state index contributed by atoms with van der Waals surface area (Å²) in [6, 6.07) is 9.86. The number of rotatable bonds is 3. The zero-order valence-corrected chi connectivity index (χ0v) is 12.7. The van der Waals surface area contributed by atoms with E-state index in [1.165, 1.54) is 6.07 Å². The fourth-order valence-corrected chi connectivity index (χ4v) is 2.46. The third-order valence-corrected chi connectivity index (χ3v) is 3.68. The van der Waals surface area contributed by atoms with E-state index in [0.717, 1.165) is 0 Å². The van der Waals surface area contributed by atoms with E-state index in [2.05, 4.69) is 15.9 Å². The second-order valence-electron chi connectivity index (χ2n) is 3.64. The van der Waals surface area contributed by atoms with Gasteiger partial charge in [-0.3, -0.25) is 0 Å². The highest BCUT2D eigenvalue weighted by Gasteiger charge is 2.15. The predicted octanol–water partition coefficient (Wildman–Crippen LogP) is 4.67. The smallest absolute Gasteiger partial charge is 0.180 e. The fourth-order valence-electron chi connectivity index (χ4n) is 1.45. The van der Waals surface area contributed by atoms with Crippen LogP contribution in [0.3, 0.4) is 0 Å². The van der Waals surface area contributed by atoms with Gasteiger partial charge in [0.2, 0.25) is 0 Å². The molecule has 0 radical (unpaired) electrons. The molecule has 0 bridgehead atoms. The summed E-state index contributed by atoms with van der Waals surface area (Å²) < 4.78 is 19.7. The lowest BCUT2D eigenvalue weighted by atomic mass is 10.2. The first-order chi connectivity index (χ1) is 9.00. The molecule has 0 heterocycles. The van der Waals surface area contributed by atoms with Crippen molar-refractivity contribution in [2.45, 2.75) is 0 Å². The Labute approximate surface area is 128 Å². The van der Waals surface area contributed by atoms with Gasteiger partial charge < -0.3 is 10.5 Å². The summed E-state index contributed by atoms with van der Waals surface area (Å²) in [4.78, 5) is 0.107. The lowest BCUT2D eigenvalue weighted by Crippen LogP contribution is -2.11. The molecule has 0 aliphatic rings. The Bertz CT molecular complexity index is 651. The van der Waals surface area contributed by atoms with E-state index < -0.39 is 5.82 Å². The molecule has 2 rings (SSSR count). The average molecular weight is 361 g/mol. The highest BCUT2D eigenvalue weighted by atomic mass is 79.9. The molecular formula is C13H8BrClFNOS. The Morgan fingerprint density at radius 2 is 1.89 bits per heavy atom. The van der Waals surface area contributed by atoms with Crippen LogP contribution in [0.4, 0.5) is 4.39 Å². The van der Waals surface area contributed by atoms with Gasteiger partial charge >= 0.3 is 0 Å². The van der Waals surface area contributed by atoms with E-state index >= 15 is 0 Å². The summed E-state index contributed by atoms with van der Waals surface area (Å²) in [5.74, 6) is -0.164. The minimum absolute atomic E-state index is 0.0416. The lowest BCUT2D eigenvalue weighted by molar-refractivity contribution is 0.440. The number of hydrogen-bond donors (Lipinski definition) is 1. The van der Waals surface area contributed by atoms with Gasteiger partial charge in [-0.2, -0.15) is 0 Å². The molecule has 0 saturated heterocycles. The first kappa shape index (κ1) is 14.2. The van der Waals surface area contributed by atoms with Crippen molar-refractivity contribution in [3.8, 4) is 11.5 Å². The number of benzene rings is 2. The fraction of sp³-hybridized carbons (Fsp3) is 0. The topological polar surface area (TPSA) is 35.2 Å². The maximum atomic E-state index is 14.1. The highest BCUT2D eigenvalue weighted by molar-refractivity contribution is 9.10. The Kier molecular flexibility index (Phi) is 4.39. The van der Waals surface area contributed by atoms with Crippen LogP contribution in [0.25, 0.3) is 0 Å². The molecule has 2 N–H and O–H groups in total. The summed E-state index contributed by atoms with van der Waals surface area (Å²) in [6.07, 6.45) is 0. The Morgan fingerprint density at radius 3 is 2.53 bits per heavy atom. The Hall–Kier alpha value is -1.17. The van der Waals surface area contributed by atoms with E-state index in [1.807, 2.05) is 0 Å². The van der Waals surface area contributed by atoms with Gasteiger partial charge in [-0.1, -0.05) is 36.0 Å². The van der Waals surface area contributed by atoms with Crippen LogP contribution in [0.5, 0.6) is 11.5 Å². The van der Waals surface area contributed by atoms with Crippen LogP contribution in [-0.4, -0.2) is 4.99 Å². The van der Waals surface area contributed by atoms with Crippen LogP contribution >= 0.6 is 39.7 Å². The van der Waals surface area contributed by atoms with Gasteiger partial charge in [0.25, 0.3) is 0 Å². The summed E-state index contributed by atoms with van der Waals surface area (Å²) >= 11 is 13.9. The number of nitrogens with two attached hydrogens (primary N) is 1. The largest absolute Gasteiger partial charge is 0.453 e. The normalized spacial score (nSPS) is 10.3. The molecule has 2 aromatic rings. The maximum absolute atomic E-state index is 14.1. The molecule has 0 aliphatic carbocycles. The van der Waals surface area contributed by atoms with Gasteiger partial charge in [-0.25, -0.2) is 4.39 Å². The first-order valence-corrected chi connectivity index (χ1v) is 6.79. The lowest BCUT2D eigenvalue weighted by Gasteiger charge is -2.11. The number of halogens is 3. The molecule has 6 heteroatoms. The quantitative estimate of drug-likeness (QED) is 0.808. The second-order valence-corrected chi connectivity index (χ2v) is 5.28. The van der Waals surface area contributed by atoms with Crippen LogP contribution < -0.4 is 10.5 Å². The zero-order chi connectivity index (χ0) is 14.0. The molecular weight excluding hydrogens is 353 g/mol. The van der Waals surface area contributed by atoms with Crippen molar-refractivity contribution < 1.29 is 9.13 Å². The molecule has 98 valence electrons. The zero-order valence-electron chi connectivity index (χ0n) is 9.49. The van der Waals surface area contributed by atoms with Crippen LogP contribution in [0.1, 0.15) is 5.56 Å². The van der Waals surface area contributed by atoms with E-state index in [4.69, 9.17) is 34.3 Å². The molecule has 19 heavy (non-hydrogen) atoms. The molecule has 0 aliphatic heterocycles. The van der Waals surface area contributed by atoms with Crippen LogP contribution in [0, 0.1) is 5.82 Å². The molecule has 0 amide bonds. The van der Waals surface area contributed by atoms with Crippen molar-refractivity contribution in [1.82, 2.24) is 0 Å². The maximum Gasteiger partial charge on any atom is 0.180 e. The van der Waals surface area contributed by atoms with Gasteiger partial charge in [0.1, 0.15) is 10.7 Å². The summed E-state index contributed by atoms with van der Waals surface area (Å²) in [5.41, 5.74) is 5.90. The van der Waals surface area contributed by atoms with Gasteiger partial charge in [0.15, 0.2) is 11.6 Å². The van der Waals surface area contributed by atoms with Gasteiger partial charge in [0.05, 0.1) is 9.50 Å². The summed E-state index contributed by atoms with van der Waals surface area (Å²) in [5, 5.41) is 0.399. The second kappa shape index (κ2) is 5.86. The van der Waals surface area contributed by atoms with Gasteiger partial charge in [-0.15, -0.1) is 0 Å². The van der Waals surface area contributed by atoms with E-state index in [9.17, 15) is 4.39 Å². The van der Waals surface area contributed by atoms with Crippen molar-refractivity contribution in [1.29, 1.82) is 0 Å². The van der Waals surface area contributed by atoms with Crippen LogP contribution in [0.15, 0.2) is 40.9 Å². The molecule has 0 unspecified atom stereocenters. The van der Waals surface area contributed by atoms with Crippen molar-refractivity contribution in [2.75, 3.05) is 0 Å².